The van der Waals surface area contributed by atoms with Crippen LogP contribution in [-0.2, 0) is 0 Å². The van der Waals surface area contributed by atoms with Crippen molar-refractivity contribution in [2.45, 2.75) is 19.9 Å². The summed E-state index contributed by atoms with van der Waals surface area (Å²) in [5.41, 5.74) is 8.19. The fourth-order valence-corrected chi connectivity index (χ4v) is 3.70. The second-order valence-electron chi connectivity index (χ2n) is 8.39. The van der Waals surface area contributed by atoms with Gasteiger partial charge in [-0.25, -0.2) is 0 Å². The number of nitro benzene ring substituents is 1. The fourth-order valence-electron chi connectivity index (χ4n) is 3.70. The van der Waals surface area contributed by atoms with Gasteiger partial charge in [-0.15, -0.1) is 0 Å². The molecule has 1 atom stereocenters. The number of amides is 2. The van der Waals surface area contributed by atoms with E-state index in [1.165, 1.54) is 17.9 Å². The van der Waals surface area contributed by atoms with E-state index in [4.69, 9.17) is 4.42 Å². The first kappa shape index (κ1) is 25.0. The van der Waals surface area contributed by atoms with Gasteiger partial charge in [-0.1, -0.05) is 42.0 Å². The van der Waals surface area contributed by atoms with Crippen LogP contribution in [0.25, 0.3) is 11.1 Å². The molecule has 0 unspecified atom stereocenters. The van der Waals surface area contributed by atoms with E-state index in [1.54, 1.807) is 6.07 Å². The molecular weight excluding hydrogens is 476 g/mol. The molecule has 0 aliphatic heterocycles. The van der Waals surface area contributed by atoms with Crippen molar-refractivity contribution in [3.8, 4) is 16.9 Å². The lowest BCUT2D eigenvalue weighted by atomic mass is 10.0. The van der Waals surface area contributed by atoms with Crippen LogP contribution < -0.4 is 16.2 Å². The molecule has 4 aromatic rings. The van der Waals surface area contributed by atoms with Crippen LogP contribution in [0.5, 0.6) is 5.75 Å². The van der Waals surface area contributed by atoms with E-state index >= 15 is 0 Å². The average molecular weight is 501 g/mol. The molecule has 4 N–H and O–H groups in total. The number of nitro groups is 1. The van der Waals surface area contributed by atoms with Gasteiger partial charge >= 0.3 is 11.6 Å². The predicted molar refractivity (Wildman–Crippen MR) is 137 cm³/mol. The summed E-state index contributed by atoms with van der Waals surface area (Å²) in [5.74, 6) is -2.11. The van der Waals surface area contributed by atoms with Crippen molar-refractivity contribution in [3.05, 3.63) is 112 Å². The SMILES string of the molecule is Cc1ccc([C@H](C)Nc2ccc(-c3ccoc3C(=O)NNC(=O)c3ccc(O)c([N+](=O)[O-])c3)cc2)cc1. The van der Waals surface area contributed by atoms with Gasteiger partial charge in [0.1, 0.15) is 0 Å². The van der Waals surface area contributed by atoms with E-state index in [0.29, 0.717) is 5.56 Å². The summed E-state index contributed by atoms with van der Waals surface area (Å²) < 4.78 is 5.35. The Hall–Kier alpha value is -5.12. The Labute approximate surface area is 212 Å². The standard InChI is InChI=1S/C27H24N4O6/c1-16-3-5-18(6-4-16)17(2)28-21-10-7-19(8-11-21)22-13-14-37-25(22)27(34)30-29-26(33)20-9-12-24(32)23(15-20)31(35)36/h3-15,17,28,32H,1-2H3,(H,29,33)(H,30,34)/t17-/m0/s1. The van der Waals surface area contributed by atoms with Gasteiger partial charge in [0.25, 0.3) is 5.91 Å². The number of nitrogens with one attached hydrogen (secondary N) is 3. The zero-order valence-corrected chi connectivity index (χ0v) is 20.0. The molecular formula is C27H24N4O6. The Bertz CT molecular complexity index is 1440. The number of hydrazine groups is 1. The highest BCUT2D eigenvalue weighted by Crippen LogP contribution is 2.28. The van der Waals surface area contributed by atoms with Crippen molar-refractivity contribution < 1.29 is 24.0 Å². The first-order chi connectivity index (χ1) is 17.7. The molecule has 0 bridgehead atoms. The number of aryl methyl sites for hydroxylation is 1. The Morgan fingerprint density at radius 3 is 2.30 bits per heavy atom. The van der Waals surface area contributed by atoms with Crippen LogP contribution in [0.3, 0.4) is 0 Å². The summed E-state index contributed by atoms with van der Waals surface area (Å²) in [6.45, 7) is 4.12. The molecule has 0 saturated carbocycles. The van der Waals surface area contributed by atoms with E-state index in [1.807, 2.05) is 31.2 Å². The highest BCUT2D eigenvalue weighted by atomic mass is 16.6. The summed E-state index contributed by atoms with van der Waals surface area (Å²) in [4.78, 5) is 35.2. The molecule has 0 aliphatic carbocycles. The number of furan rings is 1. The van der Waals surface area contributed by atoms with E-state index < -0.39 is 28.2 Å². The van der Waals surface area contributed by atoms with E-state index in [0.717, 1.165) is 28.9 Å². The third-order valence-corrected chi connectivity index (χ3v) is 5.75. The molecule has 10 nitrogen and oxygen atoms in total. The van der Waals surface area contributed by atoms with E-state index in [2.05, 4.69) is 47.4 Å². The summed E-state index contributed by atoms with van der Waals surface area (Å²) in [6.07, 6.45) is 1.36. The molecule has 2 amide bonds. The Kier molecular flexibility index (Phi) is 7.19. The topological polar surface area (TPSA) is 147 Å². The second kappa shape index (κ2) is 10.6. The monoisotopic (exact) mass is 500 g/mol. The van der Waals surface area contributed by atoms with Gasteiger partial charge in [0, 0.05) is 28.9 Å². The molecule has 0 spiro atoms. The number of rotatable bonds is 7. The third kappa shape index (κ3) is 5.76. The second-order valence-corrected chi connectivity index (χ2v) is 8.39. The minimum atomic E-state index is -0.816. The number of carbonyl (C=O) groups excluding carboxylic acids is 2. The Morgan fingerprint density at radius 2 is 1.62 bits per heavy atom. The van der Waals surface area contributed by atoms with Crippen molar-refractivity contribution in [1.29, 1.82) is 0 Å². The largest absolute Gasteiger partial charge is 0.502 e. The smallest absolute Gasteiger partial charge is 0.311 e. The molecule has 3 aromatic carbocycles. The van der Waals surface area contributed by atoms with Crippen LogP contribution in [0, 0.1) is 17.0 Å². The molecule has 1 aromatic heterocycles. The zero-order valence-electron chi connectivity index (χ0n) is 20.0. The number of carbonyl (C=O) groups is 2. The number of nitrogens with zero attached hydrogens (tertiary/aromatic N) is 1. The molecule has 0 aliphatic rings. The first-order valence-corrected chi connectivity index (χ1v) is 11.3. The van der Waals surface area contributed by atoms with Gasteiger partial charge in [0.2, 0.25) is 5.76 Å². The Balaban J connectivity index is 1.41. The number of aromatic hydroxyl groups is 1. The van der Waals surface area contributed by atoms with Crippen molar-refractivity contribution in [2.24, 2.45) is 0 Å². The zero-order chi connectivity index (χ0) is 26.5. The maximum atomic E-state index is 12.7. The van der Waals surface area contributed by atoms with Crippen molar-refractivity contribution in [3.63, 3.8) is 0 Å². The van der Waals surface area contributed by atoms with Gasteiger partial charge in [-0.3, -0.25) is 30.6 Å². The molecule has 10 heteroatoms. The normalized spacial score (nSPS) is 11.4. The number of phenolic OH excluding ortho intramolecular Hbond substituents is 1. The van der Waals surface area contributed by atoms with Crippen LogP contribution in [-0.4, -0.2) is 21.8 Å². The minimum absolute atomic E-state index is 0.0225. The Morgan fingerprint density at radius 1 is 0.946 bits per heavy atom. The van der Waals surface area contributed by atoms with Crippen LogP contribution in [0.2, 0.25) is 0 Å². The highest BCUT2D eigenvalue weighted by molar-refractivity contribution is 6.01. The summed E-state index contributed by atoms with van der Waals surface area (Å²) in [7, 11) is 0. The van der Waals surface area contributed by atoms with Crippen LogP contribution in [0.1, 0.15) is 45.0 Å². The molecule has 0 saturated heterocycles. The molecule has 0 radical (unpaired) electrons. The van der Waals surface area contributed by atoms with Crippen molar-refractivity contribution in [2.75, 3.05) is 5.32 Å². The molecule has 1 heterocycles. The van der Waals surface area contributed by atoms with Gasteiger partial charge in [0.05, 0.1) is 11.2 Å². The maximum Gasteiger partial charge on any atom is 0.311 e. The molecule has 0 fully saturated rings. The number of anilines is 1. The van der Waals surface area contributed by atoms with Crippen molar-refractivity contribution >= 4 is 23.2 Å². The van der Waals surface area contributed by atoms with Crippen LogP contribution in [0.15, 0.2) is 83.5 Å². The summed E-state index contributed by atoms with van der Waals surface area (Å²) in [6, 6.07) is 20.7. The van der Waals surface area contributed by atoms with Gasteiger partial charge in [-0.2, -0.15) is 0 Å². The lowest BCUT2D eigenvalue weighted by Gasteiger charge is -2.16. The van der Waals surface area contributed by atoms with E-state index in [9.17, 15) is 24.8 Å². The number of benzene rings is 3. The average Bonchev–Trinajstić information content (AvgIpc) is 3.38. The van der Waals surface area contributed by atoms with Gasteiger partial charge in [-0.05, 0) is 55.3 Å². The highest BCUT2D eigenvalue weighted by Gasteiger charge is 2.20. The number of phenols is 1. The molecule has 188 valence electrons. The molecule has 4 rings (SSSR count). The fraction of sp³-hybridized carbons (Fsp3) is 0.111. The summed E-state index contributed by atoms with van der Waals surface area (Å²) in [5, 5.41) is 23.9. The quantitative estimate of drug-likeness (QED) is 0.203. The van der Waals surface area contributed by atoms with Crippen LogP contribution in [0.4, 0.5) is 11.4 Å². The van der Waals surface area contributed by atoms with Gasteiger partial charge in [0.15, 0.2) is 5.75 Å². The number of hydrogen-bond acceptors (Lipinski definition) is 7. The predicted octanol–water partition coefficient (Wildman–Crippen LogP) is 5.12. The van der Waals surface area contributed by atoms with E-state index in [-0.39, 0.29) is 17.4 Å². The van der Waals surface area contributed by atoms with Crippen molar-refractivity contribution in [1.82, 2.24) is 10.9 Å². The first-order valence-electron chi connectivity index (χ1n) is 11.3. The maximum absolute atomic E-state index is 12.7. The van der Waals surface area contributed by atoms with Gasteiger partial charge < -0.3 is 14.8 Å². The lowest BCUT2D eigenvalue weighted by Crippen LogP contribution is -2.41. The van der Waals surface area contributed by atoms with Crippen LogP contribution >= 0.6 is 0 Å². The minimum Gasteiger partial charge on any atom is -0.502 e. The number of hydrogen-bond donors (Lipinski definition) is 4. The lowest BCUT2D eigenvalue weighted by molar-refractivity contribution is -0.385. The summed E-state index contributed by atoms with van der Waals surface area (Å²) >= 11 is 0. The third-order valence-electron chi connectivity index (χ3n) is 5.75. The molecule has 37 heavy (non-hydrogen) atoms.